The van der Waals surface area contributed by atoms with Gasteiger partial charge in [-0.3, -0.25) is 0 Å². The highest BCUT2D eigenvalue weighted by Gasteiger charge is 2.21. The lowest BCUT2D eigenvalue weighted by atomic mass is 10.1. The number of rotatable bonds is 5. The molecular weight excluding hydrogens is 220 g/mol. The smallest absolute Gasteiger partial charge is 0.0398 e. The van der Waals surface area contributed by atoms with Crippen molar-refractivity contribution in [3.63, 3.8) is 0 Å². The first-order valence-corrected chi connectivity index (χ1v) is 7.29. The Morgan fingerprint density at radius 2 is 2.22 bits per heavy atom. The van der Waals surface area contributed by atoms with Crippen molar-refractivity contribution in [2.75, 3.05) is 18.0 Å². The summed E-state index contributed by atoms with van der Waals surface area (Å²) in [6.07, 6.45) is 3.86. The molecule has 1 aliphatic rings. The van der Waals surface area contributed by atoms with Crippen LogP contribution in [0.25, 0.3) is 0 Å². The molecule has 18 heavy (non-hydrogen) atoms. The fraction of sp³-hybridized carbons (Fsp3) is 0.625. The van der Waals surface area contributed by atoms with Gasteiger partial charge in [-0.2, -0.15) is 0 Å². The van der Waals surface area contributed by atoms with Gasteiger partial charge in [0.1, 0.15) is 0 Å². The summed E-state index contributed by atoms with van der Waals surface area (Å²) in [5.74, 6) is 0. The highest BCUT2D eigenvalue weighted by molar-refractivity contribution is 5.55. The van der Waals surface area contributed by atoms with Crippen LogP contribution in [0, 0.1) is 6.92 Å². The maximum absolute atomic E-state index is 3.46. The minimum absolute atomic E-state index is 0.702. The van der Waals surface area contributed by atoms with Gasteiger partial charge in [0.15, 0.2) is 0 Å². The van der Waals surface area contributed by atoms with E-state index in [2.05, 4.69) is 49.2 Å². The minimum atomic E-state index is 0.702. The van der Waals surface area contributed by atoms with E-state index < -0.39 is 0 Å². The number of aryl methyl sites for hydroxylation is 1. The van der Waals surface area contributed by atoms with Crippen LogP contribution in [0.4, 0.5) is 5.69 Å². The van der Waals surface area contributed by atoms with Gasteiger partial charge in [-0.25, -0.2) is 0 Å². The van der Waals surface area contributed by atoms with Gasteiger partial charge in [0, 0.05) is 24.8 Å². The molecule has 1 saturated heterocycles. The highest BCUT2D eigenvalue weighted by atomic mass is 15.2. The maximum Gasteiger partial charge on any atom is 0.0398 e. The Labute approximate surface area is 111 Å². The van der Waals surface area contributed by atoms with E-state index >= 15 is 0 Å². The van der Waals surface area contributed by atoms with Gasteiger partial charge < -0.3 is 10.2 Å². The molecule has 0 aromatic heterocycles. The molecule has 1 aromatic carbocycles. The Kier molecular flexibility index (Phi) is 4.65. The van der Waals surface area contributed by atoms with Gasteiger partial charge in [-0.1, -0.05) is 19.1 Å². The molecular formula is C16H26N2. The topological polar surface area (TPSA) is 15.3 Å². The van der Waals surface area contributed by atoms with Gasteiger partial charge in [-0.05, 0) is 56.8 Å². The van der Waals surface area contributed by atoms with Crippen LogP contribution in [0.15, 0.2) is 18.2 Å². The van der Waals surface area contributed by atoms with Crippen LogP contribution in [-0.4, -0.2) is 19.1 Å². The van der Waals surface area contributed by atoms with Gasteiger partial charge >= 0.3 is 0 Å². The molecule has 0 aliphatic carbocycles. The molecule has 1 heterocycles. The summed E-state index contributed by atoms with van der Waals surface area (Å²) in [5.41, 5.74) is 4.25. The molecule has 1 aromatic rings. The molecule has 0 saturated carbocycles. The maximum atomic E-state index is 3.46. The Balaban J connectivity index is 2.05. The van der Waals surface area contributed by atoms with Crippen LogP contribution in [0.2, 0.25) is 0 Å². The quantitative estimate of drug-likeness (QED) is 0.800. The summed E-state index contributed by atoms with van der Waals surface area (Å²) < 4.78 is 0. The molecule has 0 radical (unpaired) electrons. The zero-order valence-electron chi connectivity index (χ0n) is 12.0. The molecule has 2 nitrogen and oxygen atoms in total. The van der Waals surface area contributed by atoms with Crippen molar-refractivity contribution < 1.29 is 0 Å². The number of benzene rings is 1. The Bertz CT molecular complexity index is 387. The minimum Gasteiger partial charge on any atom is -0.369 e. The van der Waals surface area contributed by atoms with E-state index in [1.54, 1.807) is 0 Å². The lowest BCUT2D eigenvalue weighted by molar-refractivity contribution is 0.675. The molecule has 1 N–H and O–H groups in total. The fourth-order valence-electron chi connectivity index (χ4n) is 2.85. The van der Waals surface area contributed by atoms with Crippen molar-refractivity contribution in [3.8, 4) is 0 Å². The summed E-state index contributed by atoms with van der Waals surface area (Å²) in [5, 5.41) is 3.46. The van der Waals surface area contributed by atoms with E-state index in [9.17, 15) is 0 Å². The summed E-state index contributed by atoms with van der Waals surface area (Å²) in [6, 6.07) is 7.62. The third-order valence-electron chi connectivity index (χ3n) is 3.88. The third kappa shape index (κ3) is 3.05. The summed E-state index contributed by atoms with van der Waals surface area (Å²) in [4.78, 5) is 2.55. The van der Waals surface area contributed by atoms with Gasteiger partial charge in [-0.15, -0.1) is 0 Å². The molecule has 1 aliphatic heterocycles. The summed E-state index contributed by atoms with van der Waals surface area (Å²) in [7, 11) is 0. The SMILES string of the molecule is CCCNCc1ccc(N2CCCC2C)c(C)c1. The number of hydrogen-bond donors (Lipinski definition) is 1. The molecule has 100 valence electrons. The second-order valence-electron chi connectivity index (χ2n) is 5.48. The van der Waals surface area contributed by atoms with E-state index in [0.29, 0.717) is 6.04 Å². The second kappa shape index (κ2) is 6.24. The van der Waals surface area contributed by atoms with Crippen LogP contribution in [-0.2, 0) is 6.54 Å². The molecule has 1 atom stereocenters. The van der Waals surface area contributed by atoms with Crippen molar-refractivity contribution in [1.82, 2.24) is 5.32 Å². The summed E-state index contributed by atoms with van der Waals surface area (Å²) in [6.45, 7) is 10.1. The van der Waals surface area contributed by atoms with Crippen LogP contribution < -0.4 is 10.2 Å². The Hall–Kier alpha value is -1.02. The predicted molar refractivity (Wildman–Crippen MR) is 79.2 cm³/mol. The monoisotopic (exact) mass is 246 g/mol. The van der Waals surface area contributed by atoms with E-state index in [1.807, 2.05) is 0 Å². The second-order valence-corrected chi connectivity index (χ2v) is 5.48. The molecule has 0 bridgehead atoms. The van der Waals surface area contributed by atoms with Crippen molar-refractivity contribution in [3.05, 3.63) is 29.3 Å². The normalized spacial score (nSPS) is 19.5. The molecule has 0 spiro atoms. The zero-order valence-corrected chi connectivity index (χ0v) is 12.0. The number of nitrogens with zero attached hydrogens (tertiary/aromatic N) is 1. The highest BCUT2D eigenvalue weighted by Crippen LogP contribution is 2.28. The first-order valence-electron chi connectivity index (χ1n) is 7.29. The molecule has 0 amide bonds. The molecule has 2 rings (SSSR count). The van der Waals surface area contributed by atoms with Crippen LogP contribution in [0.5, 0.6) is 0 Å². The fourth-order valence-corrected chi connectivity index (χ4v) is 2.85. The van der Waals surface area contributed by atoms with E-state index in [4.69, 9.17) is 0 Å². The average Bonchev–Trinajstić information content (AvgIpc) is 2.76. The number of nitrogens with one attached hydrogen (secondary N) is 1. The van der Waals surface area contributed by atoms with Crippen LogP contribution in [0.1, 0.15) is 44.2 Å². The van der Waals surface area contributed by atoms with Gasteiger partial charge in [0.05, 0.1) is 0 Å². The van der Waals surface area contributed by atoms with Crippen molar-refractivity contribution in [2.45, 2.75) is 52.6 Å². The lowest BCUT2D eigenvalue weighted by Crippen LogP contribution is -2.27. The van der Waals surface area contributed by atoms with E-state index in [0.717, 1.165) is 13.1 Å². The number of anilines is 1. The van der Waals surface area contributed by atoms with Crippen molar-refractivity contribution >= 4 is 5.69 Å². The zero-order chi connectivity index (χ0) is 13.0. The first kappa shape index (κ1) is 13.4. The number of hydrogen-bond acceptors (Lipinski definition) is 2. The van der Waals surface area contributed by atoms with E-state index in [-0.39, 0.29) is 0 Å². The molecule has 1 unspecified atom stereocenters. The standard InChI is InChI=1S/C16H26N2/c1-4-9-17-12-15-7-8-16(13(2)11-15)18-10-5-6-14(18)3/h7-8,11,14,17H,4-6,9-10,12H2,1-3H3. The van der Waals surface area contributed by atoms with Crippen LogP contribution >= 0.6 is 0 Å². The third-order valence-corrected chi connectivity index (χ3v) is 3.88. The average molecular weight is 246 g/mol. The molecule has 2 heteroatoms. The van der Waals surface area contributed by atoms with Gasteiger partial charge in [0.2, 0.25) is 0 Å². The lowest BCUT2D eigenvalue weighted by Gasteiger charge is -2.26. The first-order chi connectivity index (χ1) is 8.72. The van der Waals surface area contributed by atoms with E-state index in [1.165, 1.54) is 42.6 Å². The van der Waals surface area contributed by atoms with Crippen molar-refractivity contribution in [2.24, 2.45) is 0 Å². The Morgan fingerprint density at radius 3 is 2.83 bits per heavy atom. The predicted octanol–water partition coefficient (Wildman–Crippen LogP) is 3.48. The van der Waals surface area contributed by atoms with Crippen molar-refractivity contribution in [1.29, 1.82) is 0 Å². The molecule has 1 fully saturated rings. The largest absolute Gasteiger partial charge is 0.369 e. The summed E-state index contributed by atoms with van der Waals surface area (Å²) >= 11 is 0. The Morgan fingerprint density at radius 1 is 1.39 bits per heavy atom. The van der Waals surface area contributed by atoms with Crippen LogP contribution in [0.3, 0.4) is 0 Å². The van der Waals surface area contributed by atoms with Gasteiger partial charge in [0.25, 0.3) is 0 Å².